The van der Waals surface area contributed by atoms with Crippen molar-refractivity contribution in [3.8, 4) is 6.07 Å². The number of tetrazole rings is 1. The molecule has 1 amide bonds. The van der Waals surface area contributed by atoms with Crippen molar-refractivity contribution in [3.05, 3.63) is 52.9 Å². The number of thiophene rings is 1. The standard InChI is InChI=1S/C15H12N6OS2/c16-8-12-6-7-23-14(12)17-13(22)10-24-15-18-19-20-21(15)9-11-4-2-1-3-5-11/h1-7H,9-10H2,(H,17,22). The molecule has 0 bridgehead atoms. The van der Waals surface area contributed by atoms with Crippen LogP contribution in [0.15, 0.2) is 46.9 Å². The van der Waals surface area contributed by atoms with Crippen LogP contribution < -0.4 is 5.32 Å². The molecule has 0 fully saturated rings. The van der Waals surface area contributed by atoms with Crippen LogP contribution >= 0.6 is 23.1 Å². The van der Waals surface area contributed by atoms with E-state index in [2.05, 4.69) is 20.8 Å². The number of nitriles is 1. The van der Waals surface area contributed by atoms with E-state index in [0.717, 1.165) is 5.56 Å². The molecule has 3 aromatic rings. The fraction of sp³-hybridized carbons (Fsp3) is 0.133. The van der Waals surface area contributed by atoms with Gasteiger partial charge in [0.15, 0.2) is 0 Å². The predicted octanol–water partition coefficient (Wildman–Crippen LogP) is 2.39. The van der Waals surface area contributed by atoms with Crippen LogP contribution in [-0.4, -0.2) is 31.9 Å². The molecule has 2 heterocycles. The minimum Gasteiger partial charge on any atom is -0.316 e. The van der Waals surface area contributed by atoms with Crippen molar-refractivity contribution in [1.29, 1.82) is 5.26 Å². The fourth-order valence-corrected chi connectivity index (χ4v) is 3.37. The van der Waals surface area contributed by atoms with Gasteiger partial charge in [0.2, 0.25) is 11.1 Å². The lowest BCUT2D eigenvalue weighted by molar-refractivity contribution is -0.113. The Morgan fingerprint density at radius 2 is 2.17 bits per heavy atom. The highest BCUT2D eigenvalue weighted by molar-refractivity contribution is 7.99. The van der Waals surface area contributed by atoms with Crippen molar-refractivity contribution < 1.29 is 4.79 Å². The minimum atomic E-state index is -0.201. The minimum absolute atomic E-state index is 0.165. The normalized spacial score (nSPS) is 10.3. The van der Waals surface area contributed by atoms with E-state index < -0.39 is 0 Å². The molecular formula is C15H12N6OS2. The van der Waals surface area contributed by atoms with Crippen LogP contribution in [0.5, 0.6) is 0 Å². The Morgan fingerprint density at radius 3 is 2.96 bits per heavy atom. The smallest absolute Gasteiger partial charge is 0.235 e. The van der Waals surface area contributed by atoms with E-state index in [1.54, 1.807) is 16.1 Å². The largest absolute Gasteiger partial charge is 0.316 e. The lowest BCUT2D eigenvalue weighted by Crippen LogP contribution is -2.14. The zero-order chi connectivity index (χ0) is 16.8. The summed E-state index contributed by atoms with van der Waals surface area (Å²) in [5.74, 6) is -0.0361. The maximum atomic E-state index is 12.0. The second-order valence-corrected chi connectivity index (χ2v) is 6.58. The molecular weight excluding hydrogens is 344 g/mol. The summed E-state index contributed by atoms with van der Waals surface area (Å²) < 4.78 is 1.65. The molecule has 1 N–H and O–H groups in total. The van der Waals surface area contributed by atoms with Crippen molar-refractivity contribution in [1.82, 2.24) is 20.2 Å². The van der Waals surface area contributed by atoms with Crippen LogP contribution in [0.3, 0.4) is 0 Å². The lowest BCUT2D eigenvalue weighted by Gasteiger charge is -2.05. The molecule has 120 valence electrons. The summed E-state index contributed by atoms with van der Waals surface area (Å²) in [4.78, 5) is 12.0. The average molecular weight is 356 g/mol. The van der Waals surface area contributed by atoms with Crippen LogP contribution in [0.25, 0.3) is 0 Å². The van der Waals surface area contributed by atoms with E-state index in [1.807, 2.05) is 36.4 Å². The number of amides is 1. The number of hydrogen-bond donors (Lipinski definition) is 1. The van der Waals surface area contributed by atoms with E-state index >= 15 is 0 Å². The van der Waals surface area contributed by atoms with Gasteiger partial charge in [0.25, 0.3) is 0 Å². The third-order valence-electron chi connectivity index (χ3n) is 3.05. The molecule has 0 saturated carbocycles. The molecule has 0 radical (unpaired) electrons. The highest BCUT2D eigenvalue weighted by Gasteiger charge is 2.12. The van der Waals surface area contributed by atoms with E-state index in [1.165, 1.54) is 23.1 Å². The van der Waals surface area contributed by atoms with Gasteiger partial charge >= 0.3 is 0 Å². The number of hydrogen-bond acceptors (Lipinski definition) is 7. The van der Waals surface area contributed by atoms with E-state index in [-0.39, 0.29) is 11.7 Å². The Kier molecular flexibility index (Phi) is 5.20. The number of benzene rings is 1. The van der Waals surface area contributed by atoms with E-state index in [4.69, 9.17) is 5.26 Å². The quantitative estimate of drug-likeness (QED) is 0.681. The molecule has 0 saturated heterocycles. The SMILES string of the molecule is N#Cc1ccsc1NC(=O)CSc1nnnn1Cc1ccccc1. The van der Waals surface area contributed by atoms with Gasteiger partial charge < -0.3 is 5.32 Å². The van der Waals surface area contributed by atoms with Crippen LogP contribution in [0.2, 0.25) is 0 Å². The van der Waals surface area contributed by atoms with Gasteiger partial charge in [0, 0.05) is 0 Å². The summed E-state index contributed by atoms with van der Waals surface area (Å²) in [5, 5.41) is 26.1. The summed E-state index contributed by atoms with van der Waals surface area (Å²) >= 11 is 2.57. The Bertz CT molecular complexity index is 867. The zero-order valence-electron chi connectivity index (χ0n) is 12.4. The monoisotopic (exact) mass is 356 g/mol. The van der Waals surface area contributed by atoms with Gasteiger partial charge in [0.1, 0.15) is 11.1 Å². The van der Waals surface area contributed by atoms with E-state index in [0.29, 0.717) is 22.3 Å². The number of nitrogens with one attached hydrogen (secondary N) is 1. The maximum absolute atomic E-state index is 12.0. The number of nitrogens with zero attached hydrogens (tertiary/aromatic N) is 5. The first-order valence-electron chi connectivity index (χ1n) is 6.96. The van der Waals surface area contributed by atoms with Crippen LogP contribution in [-0.2, 0) is 11.3 Å². The number of thioether (sulfide) groups is 1. The number of carbonyl (C=O) groups is 1. The Balaban J connectivity index is 1.58. The van der Waals surface area contributed by atoms with Crippen LogP contribution in [0, 0.1) is 11.3 Å². The van der Waals surface area contributed by atoms with Crippen LogP contribution in [0.1, 0.15) is 11.1 Å². The summed E-state index contributed by atoms with van der Waals surface area (Å²) in [7, 11) is 0. The number of carbonyl (C=O) groups excluding carboxylic acids is 1. The Morgan fingerprint density at radius 1 is 1.33 bits per heavy atom. The maximum Gasteiger partial charge on any atom is 0.235 e. The third kappa shape index (κ3) is 3.98. The fourth-order valence-electron chi connectivity index (χ4n) is 1.94. The number of aromatic nitrogens is 4. The molecule has 1 aromatic carbocycles. The topological polar surface area (TPSA) is 96.5 Å². The molecule has 0 aliphatic heterocycles. The molecule has 3 rings (SSSR count). The van der Waals surface area contributed by atoms with Gasteiger partial charge in [-0.25, -0.2) is 4.68 Å². The predicted molar refractivity (Wildman–Crippen MR) is 91.7 cm³/mol. The van der Waals surface area contributed by atoms with Gasteiger partial charge in [-0.3, -0.25) is 4.79 Å². The summed E-state index contributed by atoms with van der Waals surface area (Å²) in [6, 6.07) is 13.5. The highest BCUT2D eigenvalue weighted by atomic mass is 32.2. The number of anilines is 1. The lowest BCUT2D eigenvalue weighted by atomic mass is 10.2. The van der Waals surface area contributed by atoms with Gasteiger partial charge in [0.05, 0.1) is 17.9 Å². The van der Waals surface area contributed by atoms with Crippen molar-refractivity contribution in [2.24, 2.45) is 0 Å². The molecule has 2 aromatic heterocycles. The molecule has 9 heteroatoms. The van der Waals surface area contributed by atoms with Crippen LogP contribution in [0.4, 0.5) is 5.00 Å². The Labute approximate surface area is 146 Å². The summed E-state index contributed by atoms with van der Waals surface area (Å²) in [6.45, 7) is 0.543. The average Bonchev–Trinajstić information content (AvgIpc) is 3.23. The molecule has 0 spiro atoms. The molecule has 0 aliphatic rings. The zero-order valence-corrected chi connectivity index (χ0v) is 14.0. The first-order chi connectivity index (χ1) is 11.8. The first-order valence-corrected chi connectivity index (χ1v) is 8.83. The molecule has 0 aliphatic carbocycles. The second-order valence-electron chi connectivity index (χ2n) is 4.72. The Hall–Kier alpha value is -2.70. The van der Waals surface area contributed by atoms with Crippen molar-refractivity contribution >= 4 is 34.0 Å². The first kappa shape index (κ1) is 16.2. The van der Waals surface area contributed by atoms with Gasteiger partial charge in [-0.2, -0.15) is 5.26 Å². The molecule has 24 heavy (non-hydrogen) atoms. The van der Waals surface area contributed by atoms with Gasteiger partial charge in [-0.1, -0.05) is 42.1 Å². The molecule has 7 nitrogen and oxygen atoms in total. The molecule has 0 atom stereocenters. The van der Waals surface area contributed by atoms with Gasteiger partial charge in [-0.15, -0.1) is 16.4 Å². The summed E-state index contributed by atoms with van der Waals surface area (Å²) in [5.41, 5.74) is 1.54. The third-order valence-corrected chi connectivity index (χ3v) is 4.83. The van der Waals surface area contributed by atoms with Gasteiger partial charge in [-0.05, 0) is 27.4 Å². The molecule has 0 unspecified atom stereocenters. The number of rotatable bonds is 6. The van der Waals surface area contributed by atoms with Crippen molar-refractivity contribution in [2.45, 2.75) is 11.7 Å². The van der Waals surface area contributed by atoms with E-state index in [9.17, 15) is 4.79 Å². The summed E-state index contributed by atoms with van der Waals surface area (Å²) in [6.07, 6.45) is 0. The second kappa shape index (κ2) is 7.72. The highest BCUT2D eigenvalue weighted by Crippen LogP contribution is 2.23. The van der Waals surface area contributed by atoms with Crippen molar-refractivity contribution in [2.75, 3.05) is 11.1 Å². The van der Waals surface area contributed by atoms with Crippen molar-refractivity contribution in [3.63, 3.8) is 0 Å².